The third-order valence-corrected chi connectivity index (χ3v) is 4.12. The minimum atomic E-state index is -0.896. The first-order valence-corrected chi connectivity index (χ1v) is 7.58. The van der Waals surface area contributed by atoms with E-state index in [9.17, 15) is 14.7 Å². The van der Waals surface area contributed by atoms with E-state index < -0.39 is 12.0 Å². The van der Waals surface area contributed by atoms with Crippen molar-refractivity contribution in [2.45, 2.75) is 58.0 Å². The highest BCUT2D eigenvalue weighted by Crippen LogP contribution is 2.21. The summed E-state index contributed by atoms with van der Waals surface area (Å²) in [5.41, 5.74) is 0. The molecule has 2 atom stereocenters. The summed E-state index contributed by atoms with van der Waals surface area (Å²) in [7, 11) is 0. The number of aryl methyl sites for hydroxylation is 1. The van der Waals surface area contributed by atoms with Crippen LogP contribution in [0.25, 0.3) is 0 Å². The number of aromatic nitrogens is 2. The van der Waals surface area contributed by atoms with E-state index in [4.69, 9.17) is 0 Å². The second-order valence-corrected chi connectivity index (χ2v) is 5.59. The molecule has 1 amide bonds. The normalized spacial score (nSPS) is 20.3. The van der Waals surface area contributed by atoms with Gasteiger partial charge in [-0.05, 0) is 26.2 Å². The van der Waals surface area contributed by atoms with E-state index in [1.165, 1.54) is 4.90 Å². The van der Waals surface area contributed by atoms with Gasteiger partial charge in [-0.3, -0.25) is 4.79 Å². The fourth-order valence-corrected chi connectivity index (χ4v) is 2.97. The zero-order valence-electron chi connectivity index (χ0n) is 12.7. The summed E-state index contributed by atoms with van der Waals surface area (Å²) in [6.45, 7) is 4.55. The molecule has 1 saturated heterocycles. The number of likely N-dealkylation sites (tertiary alicyclic amines) is 1. The molecule has 116 valence electrons. The van der Waals surface area contributed by atoms with Crippen LogP contribution in [-0.2, 0) is 16.0 Å². The molecule has 1 N–H and O–H groups in total. The van der Waals surface area contributed by atoms with E-state index in [2.05, 4.69) is 4.98 Å². The predicted molar refractivity (Wildman–Crippen MR) is 77.9 cm³/mol. The Morgan fingerprint density at radius 3 is 2.90 bits per heavy atom. The van der Waals surface area contributed by atoms with Gasteiger partial charge >= 0.3 is 5.97 Å². The second kappa shape index (κ2) is 6.74. The first-order valence-electron chi connectivity index (χ1n) is 7.58. The summed E-state index contributed by atoms with van der Waals surface area (Å²) < 4.78 is 2.00. The first kappa shape index (κ1) is 15.5. The molecule has 6 heteroatoms. The number of piperidine rings is 1. The van der Waals surface area contributed by atoms with Gasteiger partial charge in [-0.1, -0.05) is 6.92 Å². The minimum Gasteiger partial charge on any atom is -0.480 e. The van der Waals surface area contributed by atoms with Crippen LogP contribution in [0.3, 0.4) is 0 Å². The quantitative estimate of drug-likeness (QED) is 0.899. The topological polar surface area (TPSA) is 75.4 Å². The summed E-state index contributed by atoms with van der Waals surface area (Å²) in [5.74, 6) is -0.0262. The molecule has 0 spiro atoms. The highest BCUT2D eigenvalue weighted by atomic mass is 16.4. The van der Waals surface area contributed by atoms with Crippen LogP contribution in [0.1, 0.15) is 51.4 Å². The Kier molecular flexibility index (Phi) is 4.98. The van der Waals surface area contributed by atoms with Crippen LogP contribution in [0.2, 0.25) is 0 Å². The standard InChI is InChI=1S/C15H23N3O3/c1-3-13-16-7-9-17(13)11(2)10-14(19)18-8-5-4-6-12(18)15(20)21/h7,9,11-12H,3-6,8,10H2,1-2H3,(H,20,21)/t11?,12-/m1/s1. The van der Waals surface area contributed by atoms with Gasteiger partial charge in [-0.15, -0.1) is 0 Å². The average molecular weight is 293 g/mol. The SMILES string of the molecule is CCc1nccn1C(C)CC(=O)N1CCCC[C@@H]1C(=O)O. The van der Waals surface area contributed by atoms with Crippen LogP contribution in [0, 0.1) is 0 Å². The lowest BCUT2D eigenvalue weighted by molar-refractivity contribution is -0.152. The molecule has 1 aromatic rings. The van der Waals surface area contributed by atoms with Gasteiger partial charge in [0.1, 0.15) is 11.9 Å². The van der Waals surface area contributed by atoms with Crippen molar-refractivity contribution in [3.8, 4) is 0 Å². The van der Waals surface area contributed by atoms with Crippen molar-refractivity contribution in [1.29, 1.82) is 0 Å². The Balaban J connectivity index is 2.04. The zero-order valence-corrected chi connectivity index (χ0v) is 12.7. The Morgan fingerprint density at radius 2 is 2.24 bits per heavy atom. The third-order valence-electron chi connectivity index (χ3n) is 4.12. The van der Waals surface area contributed by atoms with Crippen LogP contribution in [0.15, 0.2) is 12.4 Å². The number of rotatable bonds is 5. The van der Waals surface area contributed by atoms with Crippen LogP contribution in [-0.4, -0.2) is 44.0 Å². The van der Waals surface area contributed by atoms with E-state index in [1.807, 2.05) is 24.6 Å². The lowest BCUT2D eigenvalue weighted by Crippen LogP contribution is -2.48. The molecule has 2 rings (SSSR count). The second-order valence-electron chi connectivity index (χ2n) is 5.59. The number of carboxylic acids is 1. The highest BCUT2D eigenvalue weighted by Gasteiger charge is 2.32. The zero-order chi connectivity index (χ0) is 15.4. The Morgan fingerprint density at radius 1 is 1.48 bits per heavy atom. The van der Waals surface area contributed by atoms with E-state index >= 15 is 0 Å². The molecule has 0 aromatic carbocycles. The lowest BCUT2D eigenvalue weighted by atomic mass is 10.0. The third kappa shape index (κ3) is 3.43. The maximum atomic E-state index is 12.4. The number of aliphatic carboxylic acids is 1. The fourth-order valence-electron chi connectivity index (χ4n) is 2.97. The van der Waals surface area contributed by atoms with E-state index in [0.717, 1.165) is 25.1 Å². The lowest BCUT2D eigenvalue weighted by Gasteiger charge is -2.33. The van der Waals surface area contributed by atoms with Crippen molar-refractivity contribution in [3.63, 3.8) is 0 Å². The van der Waals surface area contributed by atoms with E-state index in [-0.39, 0.29) is 11.9 Å². The summed E-state index contributed by atoms with van der Waals surface area (Å²) in [6, 6.07) is -0.668. The Hall–Kier alpha value is -1.85. The predicted octanol–water partition coefficient (Wildman–Crippen LogP) is 1.86. The van der Waals surface area contributed by atoms with Crippen molar-refractivity contribution in [1.82, 2.24) is 14.5 Å². The van der Waals surface area contributed by atoms with Crippen molar-refractivity contribution in [3.05, 3.63) is 18.2 Å². The monoisotopic (exact) mass is 293 g/mol. The molecule has 1 aliphatic rings. The number of carbonyl (C=O) groups is 2. The molecule has 2 heterocycles. The number of hydrogen-bond acceptors (Lipinski definition) is 3. The van der Waals surface area contributed by atoms with Crippen molar-refractivity contribution < 1.29 is 14.7 Å². The summed E-state index contributed by atoms with van der Waals surface area (Å²) in [4.78, 5) is 29.5. The summed E-state index contributed by atoms with van der Waals surface area (Å²) in [6.07, 6.45) is 7.05. The minimum absolute atomic E-state index is 0.00804. The van der Waals surface area contributed by atoms with Crippen LogP contribution < -0.4 is 0 Å². The van der Waals surface area contributed by atoms with Crippen LogP contribution >= 0.6 is 0 Å². The molecule has 1 fully saturated rings. The van der Waals surface area contributed by atoms with Crippen LogP contribution in [0.5, 0.6) is 0 Å². The highest BCUT2D eigenvalue weighted by molar-refractivity contribution is 5.84. The molecule has 1 aliphatic heterocycles. The first-order chi connectivity index (χ1) is 10.0. The number of hydrogen-bond donors (Lipinski definition) is 1. The van der Waals surface area contributed by atoms with Gasteiger partial charge in [0, 0.05) is 37.8 Å². The molecule has 6 nitrogen and oxygen atoms in total. The molecular formula is C15H23N3O3. The Bertz CT molecular complexity index is 512. The number of amides is 1. The molecule has 1 unspecified atom stereocenters. The molecule has 1 aromatic heterocycles. The van der Waals surface area contributed by atoms with Crippen molar-refractivity contribution >= 4 is 11.9 Å². The molecule has 0 bridgehead atoms. The molecular weight excluding hydrogens is 270 g/mol. The van der Waals surface area contributed by atoms with Crippen LogP contribution in [0.4, 0.5) is 0 Å². The van der Waals surface area contributed by atoms with Crippen molar-refractivity contribution in [2.75, 3.05) is 6.54 Å². The summed E-state index contributed by atoms with van der Waals surface area (Å²) >= 11 is 0. The van der Waals surface area contributed by atoms with E-state index in [0.29, 0.717) is 19.4 Å². The molecule has 0 saturated carbocycles. The van der Waals surface area contributed by atoms with Gasteiger partial charge in [0.15, 0.2) is 0 Å². The fraction of sp³-hybridized carbons (Fsp3) is 0.667. The average Bonchev–Trinajstić information content (AvgIpc) is 2.95. The van der Waals surface area contributed by atoms with Gasteiger partial charge in [-0.2, -0.15) is 0 Å². The maximum Gasteiger partial charge on any atom is 0.326 e. The largest absolute Gasteiger partial charge is 0.480 e. The van der Waals surface area contributed by atoms with Gasteiger partial charge in [0.05, 0.1) is 0 Å². The Labute approximate surface area is 124 Å². The number of nitrogens with zero attached hydrogens (tertiary/aromatic N) is 3. The molecule has 0 radical (unpaired) electrons. The van der Waals surface area contributed by atoms with Gasteiger partial charge in [-0.25, -0.2) is 9.78 Å². The molecule has 0 aliphatic carbocycles. The van der Waals surface area contributed by atoms with Gasteiger partial charge < -0.3 is 14.6 Å². The molecule has 21 heavy (non-hydrogen) atoms. The number of carbonyl (C=O) groups excluding carboxylic acids is 1. The van der Waals surface area contributed by atoms with Gasteiger partial charge in [0.25, 0.3) is 0 Å². The summed E-state index contributed by atoms with van der Waals surface area (Å²) in [5, 5.41) is 9.25. The number of imidazole rings is 1. The van der Waals surface area contributed by atoms with Gasteiger partial charge in [0.2, 0.25) is 5.91 Å². The number of carboxylic acid groups (broad SMARTS) is 1. The smallest absolute Gasteiger partial charge is 0.326 e. The van der Waals surface area contributed by atoms with Crippen molar-refractivity contribution in [2.24, 2.45) is 0 Å². The maximum absolute atomic E-state index is 12.4. The van der Waals surface area contributed by atoms with E-state index in [1.54, 1.807) is 6.20 Å².